The van der Waals surface area contributed by atoms with Crippen LogP contribution in [-0.2, 0) is 4.74 Å². The summed E-state index contributed by atoms with van der Waals surface area (Å²) in [5.41, 5.74) is 0.780. The van der Waals surface area contributed by atoms with Crippen molar-refractivity contribution in [3.05, 3.63) is 28.5 Å². The van der Waals surface area contributed by atoms with Gasteiger partial charge in [0.05, 0.1) is 11.6 Å². The molecule has 0 saturated heterocycles. The van der Waals surface area contributed by atoms with E-state index in [9.17, 15) is 9.90 Å². The molecule has 1 heterocycles. The first-order chi connectivity index (χ1) is 8.04. The number of carbonyl (C=O) groups is 1. The molecule has 0 atom stereocenters. The van der Waals surface area contributed by atoms with Crippen molar-refractivity contribution in [1.29, 1.82) is 0 Å². The number of furan rings is 1. The minimum Gasteiger partial charge on any atom is -0.506 e. The highest BCUT2D eigenvalue weighted by molar-refractivity contribution is 6.32. The Bertz CT molecular complexity index is 586. The van der Waals surface area contributed by atoms with Crippen LogP contribution >= 0.6 is 11.6 Å². The molecule has 4 nitrogen and oxygen atoms in total. The Morgan fingerprint density at radius 2 is 2.24 bits per heavy atom. The van der Waals surface area contributed by atoms with E-state index in [1.165, 1.54) is 12.1 Å². The van der Waals surface area contributed by atoms with Gasteiger partial charge in [0.2, 0.25) is 0 Å². The predicted molar refractivity (Wildman–Crippen MR) is 63.6 cm³/mol. The molecule has 1 aromatic carbocycles. The molecule has 0 spiro atoms. The van der Waals surface area contributed by atoms with Gasteiger partial charge in [-0.1, -0.05) is 11.6 Å². The number of hydrogen-bond acceptors (Lipinski definition) is 4. The van der Waals surface area contributed by atoms with E-state index in [1.807, 2.05) is 0 Å². The monoisotopic (exact) mass is 254 g/mol. The van der Waals surface area contributed by atoms with Crippen LogP contribution in [0.5, 0.6) is 5.75 Å². The summed E-state index contributed by atoms with van der Waals surface area (Å²) in [6.07, 6.45) is 0. The Morgan fingerprint density at radius 3 is 2.88 bits per heavy atom. The number of esters is 1. The summed E-state index contributed by atoms with van der Waals surface area (Å²) in [7, 11) is 0. The lowest BCUT2D eigenvalue weighted by Gasteiger charge is -2.00. The van der Waals surface area contributed by atoms with Gasteiger partial charge in [-0.2, -0.15) is 0 Å². The molecule has 1 N–H and O–H groups in total. The van der Waals surface area contributed by atoms with E-state index in [0.29, 0.717) is 22.3 Å². The number of fused-ring (bicyclic) bond motifs is 1. The maximum absolute atomic E-state index is 11.7. The van der Waals surface area contributed by atoms with Crippen molar-refractivity contribution in [2.24, 2.45) is 0 Å². The molecule has 2 rings (SSSR count). The summed E-state index contributed by atoms with van der Waals surface area (Å²) >= 11 is 5.76. The van der Waals surface area contributed by atoms with Gasteiger partial charge in [-0.25, -0.2) is 4.79 Å². The molecule has 0 aliphatic carbocycles. The second-order valence-corrected chi connectivity index (χ2v) is 3.96. The summed E-state index contributed by atoms with van der Waals surface area (Å²) in [5, 5.41) is 10.2. The maximum Gasteiger partial charge on any atom is 0.342 e. The molecule has 0 aliphatic rings. The molecular weight excluding hydrogens is 244 g/mol. The lowest BCUT2D eigenvalue weighted by atomic mass is 10.1. The lowest BCUT2D eigenvalue weighted by molar-refractivity contribution is 0.0526. The van der Waals surface area contributed by atoms with E-state index in [4.69, 9.17) is 20.8 Å². The average molecular weight is 255 g/mol. The van der Waals surface area contributed by atoms with E-state index >= 15 is 0 Å². The van der Waals surface area contributed by atoms with Gasteiger partial charge in [-0.05, 0) is 19.9 Å². The molecule has 0 unspecified atom stereocenters. The van der Waals surface area contributed by atoms with Crippen LogP contribution in [0.25, 0.3) is 11.0 Å². The second kappa shape index (κ2) is 4.30. The van der Waals surface area contributed by atoms with Crippen LogP contribution in [-0.4, -0.2) is 17.7 Å². The number of aromatic hydroxyl groups is 1. The average Bonchev–Trinajstić information content (AvgIpc) is 2.55. The van der Waals surface area contributed by atoms with Crippen molar-refractivity contribution in [1.82, 2.24) is 0 Å². The molecule has 0 saturated carbocycles. The van der Waals surface area contributed by atoms with E-state index in [-0.39, 0.29) is 17.4 Å². The Hall–Kier alpha value is -1.68. The van der Waals surface area contributed by atoms with Gasteiger partial charge in [0.25, 0.3) is 0 Å². The molecule has 0 aliphatic heterocycles. The third-order valence-electron chi connectivity index (χ3n) is 2.41. The first kappa shape index (κ1) is 11.8. The fourth-order valence-corrected chi connectivity index (χ4v) is 1.84. The highest BCUT2D eigenvalue weighted by Crippen LogP contribution is 2.34. The van der Waals surface area contributed by atoms with Gasteiger partial charge >= 0.3 is 5.97 Å². The number of ether oxygens (including phenoxy) is 1. The Kier molecular flexibility index (Phi) is 2.98. The third kappa shape index (κ3) is 1.96. The Morgan fingerprint density at radius 1 is 1.53 bits per heavy atom. The molecule has 0 bridgehead atoms. The van der Waals surface area contributed by atoms with E-state index in [0.717, 1.165) is 0 Å². The van der Waals surface area contributed by atoms with Gasteiger partial charge in [0.15, 0.2) is 0 Å². The minimum absolute atomic E-state index is 0.0921. The van der Waals surface area contributed by atoms with Crippen LogP contribution < -0.4 is 0 Å². The van der Waals surface area contributed by atoms with Crippen molar-refractivity contribution in [2.45, 2.75) is 13.8 Å². The fourth-order valence-electron chi connectivity index (χ4n) is 1.69. The summed E-state index contributed by atoms with van der Waals surface area (Å²) in [5.74, 6) is -0.115. The molecule has 2 aromatic rings. The van der Waals surface area contributed by atoms with Crippen LogP contribution in [0.2, 0.25) is 5.02 Å². The number of halogens is 1. The van der Waals surface area contributed by atoms with Gasteiger partial charge in [0.1, 0.15) is 22.7 Å². The highest BCUT2D eigenvalue weighted by atomic mass is 35.5. The molecule has 0 radical (unpaired) electrons. The number of hydrogen-bond donors (Lipinski definition) is 1. The zero-order chi connectivity index (χ0) is 12.6. The summed E-state index contributed by atoms with van der Waals surface area (Å²) in [6.45, 7) is 3.67. The van der Waals surface area contributed by atoms with Crippen LogP contribution in [0.15, 0.2) is 16.5 Å². The first-order valence-electron chi connectivity index (χ1n) is 5.13. The Labute approximate surface area is 103 Å². The normalized spacial score (nSPS) is 10.8. The van der Waals surface area contributed by atoms with Crippen molar-refractivity contribution in [3.63, 3.8) is 0 Å². The summed E-state index contributed by atoms with van der Waals surface area (Å²) in [6, 6.07) is 2.88. The zero-order valence-corrected chi connectivity index (χ0v) is 10.2. The number of carbonyl (C=O) groups excluding carboxylic acids is 1. The molecule has 17 heavy (non-hydrogen) atoms. The van der Waals surface area contributed by atoms with Gasteiger partial charge < -0.3 is 14.3 Å². The van der Waals surface area contributed by atoms with Gasteiger partial charge in [-0.3, -0.25) is 0 Å². The fraction of sp³-hybridized carbons (Fsp3) is 0.250. The highest BCUT2D eigenvalue weighted by Gasteiger charge is 2.20. The van der Waals surface area contributed by atoms with Crippen LogP contribution in [0.4, 0.5) is 0 Å². The molecule has 90 valence electrons. The van der Waals surface area contributed by atoms with Gasteiger partial charge in [0, 0.05) is 11.5 Å². The van der Waals surface area contributed by atoms with Crippen molar-refractivity contribution < 1.29 is 19.1 Å². The standard InChI is InChI=1S/C12H11ClO4/c1-3-16-12(15)11-6(2)17-10-5-8(13)9(14)4-7(10)11/h4-5,14H,3H2,1-2H3. The van der Waals surface area contributed by atoms with Crippen molar-refractivity contribution in [3.8, 4) is 5.75 Å². The predicted octanol–water partition coefficient (Wildman–Crippen LogP) is 3.28. The van der Waals surface area contributed by atoms with Crippen LogP contribution in [0.3, 0.4) is 0 Å². The quantitative estimate of drug-likeness (QED) is 0.836. The topological polar surface area (TPSA) is 59.7 Å². The number of aryl methyl sites for hydroxylation is 1. The SMILES string of the molecule is CCOC(=O)c1c(C)oc2cc(Cl)c(O)cc12. The lowest BCUT2D eigenvalue weighted by Crippen LogP contribution is -2.05. The van der Waals surface area contributed by atoms with E-state index in [1.54, 1.807) is 13.8 Å². The molecule has 1 aromatic heterocycles. The number of rotatable bonds is 2. The first-order valence-corrected chi connectivity index (χ1v) is 5.51. The van der Waals surface area contributed by atoms with Crippen molar-refractivity contribution in [2.75, 3.05) is 6.61 Å². The van der Waals surface area contributed by atoms with E-state index in [2.05, 4.69) is 0 Å². The smallest absolute Gasteiger partial charge is 0.342 e. The molecule has 0 amide bonds. The van der Waals surface area contributed by atoms with Gasteiger partial charge in [-0.15, -0.1) is 0 Å². The molecule has 0 fully saturated rings. The van der Waals surface area contributed by atoms with Crippen LogP contribution in [0.1, 0.15) is 23.0 Å². The number of phenols is 1. The second-order valence-electron chi connectivity index (χ2n) is 3.55. The van der Waals surface area contributed by atoms with Crippen LogP contribution in [0, 0.1) is 6.92 Å². The number of phenolic OH excluding ortho intramolecular Hbond substituents is 1. The zero-order valence-electron chi connectivity index (χ0n) is 9.41. The summed E-state index contributed by atoms with van der Waals surface area (Å²) < 4.78 is 10.3. The molecule has 5 heteroatoms. The van der Waals surface area contributed by atoms with E-state index < -0.39 is 5.97 Å². The molecular formula is C12H11ClO4. The summed E-state index contributed by atoms with van der Waals surface area (Å²) in [4.78, 5) is 11.7. The van der Waals surface area contributed by atoms with Crippen molar-refractivity contribution >= 4 is 28.5 Å². The largest absolute Gasteiger partial charge is 0.506 e. The maximum atomic E-state index is 11.7. The third-order valence-corrected chi connectivity index (χ3v) is 2.72. The Balaban J connectivity index is 2.66. The number of benzene rings is 1. The minimum atomic E-state index is -0.467.